The molecule has 4 heterocycles. The number of carbonyl (C=O) groups excluding carboxylic acids is 1. The van der Waals surface area contributed by atoms with Crippen LogP contribution in [0, 0.1) is 12.7 Å². The minimum atomic E-state index is -3.88. The first kappa shape index (κ1) is 26.6. The molecule has 0 bridgehead atoms. The van der Waals surface area contributed by atoms with Crippen LogP contribution in [0.25, 0.3) is 10.9 Å². The summed E-state index contributed by atoms with van der Waals surface area (Å²) in [5.74, 6) is -1.63. The predicted octanol–water partition coefficient (Wildman–Crippen LogP) is 3.41. The van der Waals surface area contributed by atoms with E-state index in [4.69, 9.17) is 20.7 Å². The maximum Gasteiger partial charge on any atom is 0.285 e. The van der Waals surface area contributed by atoms with Crippen LogP contribution in [0.4, 0.5) is 16.0 Å². The van der Waals surface area contributed by atoms with Crippen molar-refractivity contribution in [2.45, 2.75) is 38.6 Å². The Balaban J connectivity index is 1.48. The Labute approximate surface area is 257 Å². The Morgan fingerprint density at radius 2 is 1.95 bits per heavy atom. The molecule has 0 unspecified atom stereocenters. The van der Waals surface area contributed by atoms with Crippen molar-refractivity contribution < 1.29 is 21.7 Å². The number of piperidine rings is 1. The molecule has 3 aromatic heterocycles. The highest BCUT2D eigenvalue weighted by Gasteiger charge is 2.28. The highest BCUT2D eigenvalue weighted by molar-refractivity contribution is 7.89. The maximum absolute atomic E-state index is 14.6. The third-order valence-corrected chi connectivity index (χ3v) is 8.21. The van der Waals surface area contributed by atoms with Gasteiger partial charge in [0.2, 0.25) is 16.0 Å². The van der Waals surface area contributed by atoms with Crippen LogP contribution >= 0.6 is 11.6 Å². The molecule has 1 saturated heterocycles. The van der Waals surface area contributed by atoms with Gasteiger partial charge in [-0.05, 0) is 50.5 Å². The Morgan fingerprint density at radius 3 is 2.63 bits per heavy atom. The zero-order valence-electron chi connectivity index (χ0n) is 26.9. The number of anilines is 2. The van der Waals surface area contributed by atoms with E-state index < -0.39 is 34.8 Å². The fraction of sp³-hybridized carbons (Fsp3) is 0.393. The van der Waals surface area contributed by atoms with Crippen LogP contribution in [-0.4, -0.2) is 58.0 Å². The monoisotopic (exact) mass is 633 g/mol. The first-order valence-corrected chi connectivity index (χ1v) is 15.7. The summed E-state index contributed by atoms with van der Waals surface area (Å²) >= 11 is 6.01. The summed E-state index contributed by atoms with van der Waals surface area (Å²) in [5, 5.41) is 7.29. The molecule has 15 heteroatoms. The van der Waals surface area contributed by atoms with Crippen molar-refractivity contribution in [3.63, 3.8) is 0 Å². The molecular formula is C28H32ClFN8O4S. The van der Waals surface area contributed by atoms with Gasteiger partial charge >= 0.3 is 0 Å². The molecule has 1 aliphatic heterocycles. The Bertz CT molecular complexity index is 2010. The number of rotatable bonds is 7. The van der Waals surface area contributed by atoms with Gasteiger partial charge < -0.3 is 10.2 Å². The Kier molecular flexibility index (Phi) is 7.15. The number of fused-ring (bicyclic) bond motifs is 1. The second kappa shape index (κ2) is 11.6. The highest BCUT2D eigenvalue weighted by Crippen LogP contribution is 2.33. The molecule has 0 aliphatic carbocycles. The molecule has 228 valence electrons. The molecule has 0 spiro atoms. The standard InChI is InChI=1S/C28H32ClFN8O4S/c1-15-12-18(16(2)32-21-6-7-22(29)33-24(21)26(39)35-43(5,41)42)23-19(13-15)27(40)36(3)28(34-23)38-10-8-17(9-11-38)25-20(30)14-31-37(25)4/h6-7,12-14,16-17,32H,8-11H2,1-5H3,(H,35,39)/t16-/m1/s1/i4D3. The van der Waals surface area contributed by atoms with E-state index >= 15 is 0 Å². The molecule has 1 aliphatic rings. The molecule has 4 aromatic rings. The lowest BCUT2D eigenvalue weighted by Crippen LogP contribution is -2.38. The summed E-state index contributed by atoms with van der Waals surface area (Å²) in [6.45, 7) is 1.79. The second-order valence-corrected chi connectivity index (χ2v) is 12.8. The van der Waals surface area contributed by atoms with Gasteiger partial charge in [0, 0.05) is 42.7 Å². The molecular weight excluding hydrogens is 599 g/mol. The number of sulfonamides is 1. The van der Waals surface area contributed by atoms with Crippen LogP contribution < -0.4 is 20.5 Å². The third-order valence-electron chi connectivity index (χ3n) is 7.45. The van der Waals surface area contributed by atoms with Gasteiger partial charge in [-0.1, -0.05) is 17.7 Å². The molecule has 12 nitrogen and oxygen atoms in total. The first-order valence-electron chi connectivity index (χ1n) is 14.9. The summed E-state index contributed by atoms with van der Waals surface area (Å²) in [6, 6.07) is 6.01. The van der Waals surface area contributed by atoms with Gasteiger partial charge in [-0.3, -0.25) is 18.8 Å². The fourth-order valence-electron chi connectivity index (χ4n) is 5.47. The minimum absolute atomic E-state index is 0.0120. The molecule has 43 heavy (non-hydrogen) atoms. The average Bonchev–Trinajstić information content (AvgIpc) is 3.37. The van der Waals surface area contributed by atoms with E-state index in [1.165, 1.54) is 16.7 Å². The molecule has 0 radical (unpaired) electrons. The van der Waals surface area contributed by atoms with Crippen LogP contribution in [0.5, 0.6) is 0 Å². The van der Waals surface area contributed by atoms with E-state index in [1.54, 1.807) is 20.0 Å². The minimum Gasteiger partial charge on any atom is -0.377 e. The number of nitrogens with one attached hydrogen (secondary N) is 2. The highest BCUT2D eigenvalue weighted by atomic mass is 35.5. The van der Waals surface area contributed by atoms with Crippen molar-refractivity contribution in [1.82, 2.24) is 29.0 Å². The molecule has 1 atom stereocenters. The smallest absolute Gasteiger partial charge is 0.285 e. The molecule has 1 fully saturated rings. The zero-order chi connectivity index (χ0) is 33.7. The second-order valence-electron chi connectivity index (χ2n) is 10.7. The number of benzene rings is 1. The zero-order valence-corrected chi connectivity index (χ0v) is 25.4. The summed E-state index contributed by atoms with van der Waals surface area (Å²) in [5.41, 5.74) is 1.58. The largest absolute Gasteiger partial charge is 0.377 e. The van der Waals surface area contributed by atoms with Crippen LogP contribution in [0.1, 0.15) is 63.1 Å². The number of halogens is 2. The van der Waals surface area contributed by atoms with Crippen molar-refractivity contribution in [3.05, 3.63) is 74.3 Å². The number of hydrogen-bond donors (Lipinski definition) is 2. The number of nitrogens with zero attached hydrogens (tertiary/aromatic N) is 6. The first-order chi connectivity index (χ1) is 21.4. The molecule has 1 amide bonds. The number of carbonyl (C=O) groups is 1. The predicted molar refractivity (Wildman–Crippen MR) is 163 cm³/mol. The van der Waals surface area contributed by atoms with E-state index in [0.717, 1.165) is 22.7 Å². The van der Waals surface area contributed by atoms with Gasteiger partial charge in [-0.15, -0.1) is 0 Å². The van der Waals surface area contributed by atoms with Crippen LogP contribution in [-0.2, 0) is 24.0 Å². The lowest BCUT2D eigenvalue weighted by atomic mass is 9.93. The van der Waals surface area contributed by atoms with E-state index in [9.17, 15) is 22.4 Å². The van der Waals surface area contributed by atoms with Gasteiger partial charge in [-0.25, -0.2) is 27.5 Å². The van der Waals surface area contributed by atoms with Gasteiger partial charge in [0.15, 0.2) is 11.5 Å². The van der Waals surface area contributed by atoms with Crippen LogP contribution in [0.15, 0.2) is 35.3 Å². The van der Waals surface area contributed by atoms with E-state index in [0.29, 0.717) is 48.3 Å². The van der Waals surface area contributed by atoms with Crippen molar-refractivity contribution in [1.29, 1.82) is 0 Å². The van der Waals surface area contributed by atoms with Crippen LogP contribution in [0.3, 0.4) is 0 Å². The topological polar surface area (TPSA) is 144 Å². The number of aryl methyl sites for hydroxylation is 2. The number of aromatic nitrogens is 5. The van der Waals surface area contributed by atoms with Crippen molar-refractivity contribution in [2.24, 2.45) is 14.0 Å². The summed E-state index contributed by atoms with van der Waals surface area (Å²) in [7, 11) is -2.26. The number of hydrogen-bond acceptors (Lipinski definition) is 9. The Morgan fingerprint density at radius 1 is 1.23 bits per heavy atom. The normalized spacial score (nSPS) is 16.4. The number of amides is 1. The molecule has 2 N–H and O–H groups in total. The van der Waals surface area contributed by atoms with Crippen LogP contribution in [0.2, 0.25) is 5.15 Å². The molecule has 5 rings (SSSR count). The van der Waals surface area contributed by atoms with Crippen molar-refractivity contribution in [2.75, 3.05) is 29.6 Å². The number of pyridine rings is 1. The van der Waals surface area contributed by atoms with Gasteiger partial charge in [0.05, 0.1) is 40.8 Å². The summed E-state index contributed by atoms with van der Waals surface area (Å²) in [4.78, 5) is 37.2. The van der Waals surface area contributed by atoms with Gasteiger partial charge in [0.25, 0.3) is 11.5 Å². The summed E-state index contributed by atoms with van der Waals surface area (Å²) in [6.07, 6.45) is 2.59. The van der Waals surface area contributed by atoms with Gasteiger partial charge in [0.1, 0.15) is 5.15 Å². The fourth-order valence-corrected chi connectivity index (χ4v) is 6.05. The van der Waals surface area contributed by atoms with E-state index in [1.807, 2.05) is 22.6 Å². The third kappa shape index (κ3) is 6.20. The van der Waals surface area contributed by atoms with Gasteiger partial charge in [-0.2, -0.15) is 5.10 Å². The summed E-state index contributed by atoms with van der Waals surface area (Å²) < 4.78 is 65.3. The average molecular weight is 634 g/mol. The van der Waals surface area contributed by atoms with E-state index in [-0.39, 0.29) is 33.7 Å². The molecule has 1 aromatic carbocycles. The maximum atomic E-state index is 14.6. The van der Waals surface area contributed by atoms with E-state index in [2.05, 4.69) is 15.4 Å². The molecule has 0 saturated carbocycles. The van der Waals surface area contributed by atoms with Crippen molar-refractivity contribution in [3.8, 4) is 0 Å². The Hall–Kier alpha value is -4.04. The lowest BCUT2D eigenvalue weighted by molar-refractivity contribution is 0.0977. The SMILES string of the molecule is [2H]C([2H])([2H])n1ncc(F)c1C1CCN(c2nc3c([C@@H](C)Nc4ccc(Cl)nc4C(=O)NS(C)(=O)=O)cc(C)cc3c(=O)n2C)CC1. The quantitative estimate of drug-likeness (QED) is 0.293. The lowest BCUT2D eigenvalue weighted by Gasteiger charge is -2.33. The van der Waals surface area contributed by atoms with Crippen molar-refractivity contribution >= 4 is 50.1 Å².